The van der Waals surface area contributed by atoms with Gasteiger partial charge in [0.1, 0.15) is 11.6 Å². The first kappa shape index (κ1) is 14.0. The number of hydrogen-bond donors (Lipinski definition) is 0. The lowest BCUT2D eigenvalue weighted by Crippen LogP contribution is -2.06. The Morgan fingerprint density at radius 3 is 2.59 bits per heavy atom. The van der Waals surface area contributed by atoms with E-state index in [0.29, 0.717) is 16.9 Å². The van der Waals surface area contributed by atoms with Gasteiger partial charge in [-0.3, -0.25) is 0 Å². The second kappa shape index (κ2) is 5.81. The first-order chi connectivity index (χ1) is 10.7. The fourth-order valence-electron chi connectivity index (χ4n) is 2.06. The second-order valence-corrected chi connectivity index (χ2v) is 4.59. The van der Waals surface area contributed by atoms with Crippen LogP contribution in [-0.2, 0) is 9.53 Å². The molecule has 0 aromatic heterocycles. The van der Waals surface area contributed by atoms with Crippen molar-refractivity contribution in [2.24, 2.45) is 4.99 Å². The highest BCUT2D eigenvalue weighted by Crippen LogP contribution is 2.24. The van der Waals surface area contributed by atoms with E-state index in [0.717, 1.165) is 0 Å². The number of carbonyl (C=O) groups excluding carboxylic acids is 1. The average Bonchev–Trinajstić information content (AvgIpc) is 2.90. The molecule has 2 aromatic rings. The van der Waals surface area contributed by atoms with Crippen molar-refractivity contribution in [2.75, 3.05) is 7.11 Å². The fourth-order valence-corrected chi connectivity index (χ4v) is 2.06. The zero-order valence-electron chi connectivity index (χ0n) is 11.7. The molecule has 0 atom stereocenters. The lowest BCUT2D eigenvalue weighted by Gasteiger charge is -2.05. The predicted molar refractivity (Wildman–Crippen MR) is 80.0 cm³/mol. The molecule has 3 rings (SSSR count). The molecule has 110 valence electrons. The summed E-state index contributed by atoms with van der Waals surface area (Å²) in [4.78, 5) is 16.1. The monoisotopic (exact) mass is 297 g/mol. The maximum atomic E-state index is 12.9. The van der Waals surface area contributed by atoms with E-state index in [9.17, 15) is 9.18 Å². The van der Waals surface area contributed by atoms with Crippen molar-refractivity contribution < 1.29 is 18.7 Å². The van der Waals surface area contributed by atoms with Gasteiger partial charge >= 0.3 is 5.97 Å². The van der Waals surface area contributed by atoms with Crippen molar-refractivity contribution in [3.05, 3.63) is 71.2 Å². The van der Waals surface area contributed by atoms with Gasteiger partial charge in [0.15, 0.2) is 5.70 Å². The third-order valence-corrected chi connectivity index (χ3v) is 3.13. The SMILES string of the molecule is COc1ccccc1C1=N/C(=C\c2ccc(F)cc2)C(=O)O1. The van der Waals surface area contributed by atoms with Crippen LogP contribution in [-0.4, -0.2) is 19.0 Å². The molecule has 1 aliphatic heterocycles. The Morgan fingerprint density at radius 2 is 1.86 bits per heavy atom. The van der Waals surface area contributed by atoms with Crippen LogP contribution in [0.2, 0.25) is 0 Å². The summed E-state index contributed by atoms with van der Waals surface area (Å²) in [6.45, 7) is 0. The Labute approximate surface area is 126 Å². The molecule has 4 nitrogen and oxygen atoms in total. The molecule has 5 heteroatoms. The Balaban J connectivity index is 1.96. The van der Waals surface area contributed by atoms with Crippen molar-refractivity contribution in [3.8, 4) is 5.75 Å². The van der Waals surface area contributed by atoms with Crippen LogP contribution in [0, 0.1) is 5.82 Å². The van der Waals surface area contributed by atoms with E-state index in [1.54, 1.807) is 36.4 Å². The summed E-state index contributed by atoms with van der Waals surface area (Å²) in [5, 5.41) is 0. The number of halogens is 1. The molecule has 0 spiro atoms. The van der Waals surface area contributed by atoms with Gasteiger partial charge in [-0.15, -0.1) is 0 Å². The van der Waals surface area contributed by atoms with Gasteiger partial charge in [0.05, 0.1) is 12.7 Å². The van der Waals surface area contributed by atoms with E-state index in [-0.39, 0.29) is 17.4 Å². The number of cyclic esters (lactones) is 1. The summed E-state index contributed by atoms with van der Waals surface area (Å²) in [5.41, 5.74) is 1.42. The molecule has 22 heavy (non-hydrogen) atoms. The average molecular weight is 297 g/mol. The largest absolute Gasteiger partial charge is 0.496 e. The van der Waals surface area contributed by atoms with Gasteiger partial charge in [0.25, 0.3) is 0 Å². The van der Waals surface area contributed by atoms with Crippen LogP contribution in [0.5, 0.6) is 5.75 Å². The number of benzene rings is 2. The van der Waals surface area contributed by atoms with E-state index < -0.39 is 5.97 Å². The van der Waals surface area contributed by atoms with E-state index >= 15 is 0 Å². The Morgan fingerprint density at radius 1 is 1.14 bits per heavy atom. The lowest BCUT2D eigenvalue weighted by molar-refractivity contribution is -0.129. The van der Waals surface area contributed by atoms with Gasteiger partial charge in [0.2, 0.25) is 5.90 Å². The van der Waals surface area contributed by atoms with Gasteiger partial charge in [-0.05, 0) is 35.9 Å². The van der Waals surface area contributed by atoms with Crippen molar-refractivity contribution in [1.82, 2.24) is 0 Å². The zero-order chi connectivity index (χ0) is 15.5. The fraction of sp³-hybridized carbons (Fsp3) is 0.0588. The maximum Gasteiger partial charge on any atom is 0.363 e. The molecule has 0 saturated carbocycles. The first-order valence-electron chi connectivity index (χ1n) is 6.59. The molecular weight excluding hydrogens is 285 g/mol. The molecule has 0 radical (unpaired) electrons. The minimum Gasteiger partial charge on any atom is -0.496 e. The van der Waals surface area contributed by atoms with Crippen LogP contribution in [0.3, 0.4) is 0 Å². The van der Waals surface area contributed by atoms with Crippen LogP contribution in [0.15, 0.2) is 59.2 Å². The van der Waals surface area contributed by atoms with Gasteiger partial charge in [-0.1, -0.05) is 24.3 Å². The van der Waals surface area contributed by atoms with Gasteiger partial charge < -0.3 is 9.47 Å². The molecule has 0 unspecified atom stereocenters. The molecular formula is C17H12FNO3. The summed E-state index contributed by atoms with van der Waals surface area (Å²) in [6, 6.07) is 12.9. The van der Waals surface area contributed by atoms with Crippen molar-refractivity contribution in [3.63, 3.8) is 0 Å². The van der Waals surface area contributed by atoms with Crippen LogP contribution >= 0.6 is 0 Å². The van der Waals surface area contributed by atoms with E-state index in [1.807, 2.05) is 6.07 Å². The third-order valence-electron chi connectivity index (χ3n) is 3.13. The number of hydrogen-bond acceptors (Lipinski definition) is 4. The molecule has 0 saturated heterocycles. The van der Waals surface area contributed by atoms with E-state index in [2.05, 4.69) is 4.99 Å². The Bertz CT molecular complexity index is 779. The summed E-state index contributed by atoms with van der Waals surface area (Å²) in [5.74, 6) is -0.132. The van der Waals surface area contributed by atoms with Gasteiger partial charge in [-0.2, -0.15) is 0 Å². The smallest absolute Gasteiger partial charge is 0.363 e. The van der Waals surface area contributed by atoms with Crippen molar-refractivity contribution in [2.45, 2.75) is 0 Å². The first-order valence-corrected chi connectivity index (χ1v) is 6.59. The topological polar surface area (TPSA) is 47.9 Å². The number of esters is 1. The molecule has 0 amide bonds. The number of carbonyl (C=O) groups is 1. The van der Waals surface area contributed by atoms with Crippen molar-refractivity contribution >= 4 is 17.9 Å². The van der Waals surface area contributed by atoms with Crippen molar-refractivity contribution in [1.29, 1.82) is 0 Å². The lowest BCUT2D eigenvalue weighted by atomic mass is 10.2. The standard InChI is InChI=1S/C17H12FNO3/c1-21-15-5-3-2-4-13(15)16-19-14(17(20)22-16)10-11-6-8-12(18)9-7-11/h2-10H,1H3/b14-10-. The second-order valence-electron chi connectivity index (χ2n) is 4.59. The Hall–Kier alpha value is -2.95. The molecule has 0 fully saturated rings. The zero-order valence-corrected chi connectivity index (χ0v) is 11.7. The summed E-state index contributed by atoms with van der Waals surface area (Å²) in [7, 11) is 1.53. The third kappa shape index (κ3) is 2.74. The van der Waals surface area contributed by atoms with E-state index in [4.69, 9.17) is 9.47 Å². The quantitative estimate of drug-likeness (QED) is 0.646. The summed E-state index contributed by atoms with van der Waals surface area (Å²) in [6.07, 6.45) is 1.55. The van der Waals surface area contributed by atoms with Gasteiger partial charge in [-0.25, -0.2) is 14.2 Å². The summed E-state index contributed by atoms with van der Waals surface area (Å²) >= 11 is 0. The number of para-hydroxylation sites is 1. The highest BCUT2D eigenvalue weighted by molar-refractivity contribution is 6.13. The molecule has 1 aliphatic rings. The Kier molecular flexibility index (Phi) is 3.70. The highest BCUT2D eigenvalue weighted by Gasteiger charge is 2.25. The van der Waals surface area contributed by atoms with E-state index in [1.165, 1.54) is 19.2 Å². The van der Waals surface area contributed by atoms with Crippen LogP contribution in [0.4, 0.5) is 4.39 Å². The molecule has 1 heterocycles. The number of nitrogens with zero attached hydrogens (tertiary/aromatic N) is 1. The molecule has 0 N–H and O–H groups in total. The number of rotatable bonds is 3. The van der Waals surface area contributed by atoms with Gasteiger partial charge in [0, 0.05) is 0 Å². The minimum atomic E-state index is -0.551. The molecule has 2 aromatic carbocycles. The number of methoxy groups -OCH3 is 1. The molecule has 0 aliphatic carbocycles. The minimum absolute atomic E-state index is 0.160. The molecule has 0 bridgehead atoms. The summed E-state index contributed by atoms with van der Waals surface area (Å²) < 4.78 is 23.3. The predicted octanol–water partition coefficient (Wildman–Crippen LogP) is 3.18. The highest BCUT2D eigenvalue weighted by atomic mass is 19.1. The van der Waals surface area contributed by atoms with Crippen LogP contribution < -0.4 is 4.74 Å². The number of aliphatic imine (C=N–C) groups is 1. The van der Waals surface area contributed by atoms with Crippen LogP contribution in [0.25, 0.3) is 6.08 Å². The number of ether oxygens (including phenoxy) is 2. The van der Waals surface area contributed by atoms with Crippen LogP contribution in [0.1, 0.15) is 11.1 Å². The maximum absolute atomic E-state index is 12.9. The normalized spacial score (nSPS) is 15.6.